The van der Waals surface area contributed by atoms with Gasteiger partial charge in [-0.3, -0.25) is 0 Å². The van der Waals surface area contributed by atoms with Gasteiger partial charge in [0, 0.05) is 13.6 Å². The summed E-state index contributed by atoms with van der Waals surface area (Å²) in [6.07, 6.45) is 1.13. The lowest BCUT2D eigenvalue weighted by molar-refractivity contribution is 0.576. The highest BCUT2D eigenvalue weighted by atomic mass is 15.3. The molecular weight excluding hydrogens is 76.1 g/mol. The van der Waals surface area contributed by atoms with Crippen LogP contribution in [-0.4, -0.2) is 13.6 Å². The van der Waals surface area contributed by atoms with Crippen molar-refractivity contribution in [2.75, 3.05) is 13.6 Å². The van der Waals surface area contributed by atoms with Crippen LogP contribution in [0.3, 0.4) is 0 Å². The second-order valence-corrected chi connectivity index (χ2v) is 1.11. The molecule has 6 heavy (non-hydrogen) atoms. The van der Waals surface area contributed by atoms with E-state index >= 15 is 0 Å². The molecule has 0 aromatic rings. The molecule has 0 aliphatic heterocycles. The van der Waals surface area contributed by atoms with E-state index in [1.807, 2.05) is 7.05 Å². The first-order valence-corrected chi connectivity index (χ1v) is 2.25. The summed E-state index contributed by atoms with van der Waals surface area (Å²) >= 11 is 0. The van der Waals surface area contributed by atoms with Gasteiger partial charge in [0.25, 0.3) is 0 Å². The van der Waals surface area contributed by atoms with Crippen molar-refractivity contribution in [3.8, 4) is 0 Å². The second kappa shape index (κ2) is 4.92. The summed E-state index contributed by atoms with van der Waals surface area (Å²) in [5, 5.41) is 0. The molecule has 0 spiro atoms. The van der Waals surface area contributed by atoms with Crippen LogP contribution >= 0.6 is 0 Å². The molecule has 0 aromatic carbocycles. The van der Waals surface area contributed by atoms with Gasteiger partial charge < -0.3 is 0 Å². The van der Waals surface area contributed by atoms with Crippen molar-refractivity contribution in [3.63, 3.8) is 0 Å². The van der Waals surface area contributed by atoms with Crippen LogP contribution in [0.4, 0.5) is 0 Å². The summed E-state index contributed by atoms with van der Waals surface area (Å²) in [6, 6.07) is 0. The average molecular weight is 87.1 g/mol. The van der Waals surface area contributed by atoms with Crippen LogP contribution in [0.25, 0.3) is 0 Å². The first kappa shape index (κ1) is 5.92. The van der Waals surface area contributed by atoms with Crippen molar-refractivity contribution in [1.82, 2.24) is 10.9 Å². The standard InChI is InChI=1S/C4H11N2/c1-3-4-6-5-2/h5H,3-4H2,1-2H3. The maximum Gasteiger partial charge on any atom is 0.0301 e. The Morgan fingerprint density at radius 2 is 2.33 bits per heavy atom. The summed E-state index contributed by atoms with van der Waals surface area (Å²) in [5.74, 6) is 0. The van der Waals surface area contributed by atoms with Gasteiger partial charge in [-0.1, -0.05) is 6.92 Å². The molecule has 0 saturated heterocycles. The molecule has 2 nitrogen and oxygen atoms in total. The lowest BCUT2D eigenvalue weighted by atomic mass is 10.5. The van der Waals surface area contributed by atoms with Crippen LogP contribution in [0.1, 0.15) is 13.3 Å². The third-order valence-corrected chi connectivity index (χ3v) is 0.494. The number of nitrogens with zero attached hydrogens (tertiary/aromatic N) is 1. The molecule has 37 valence electrons. The van der Waals surface area contributed by atoms with Crippen molar-refractivity contribution in [1.29, 1.82) is 0 Å². The molecule has 0 fully saturated rings. The third-order valence-electron chi connectivity index (χ3n) is 0.494. The lowest BCUT2D eigenvalue weighted by Crippen LogP contribution is -2.19. The van der Waals surface area contributed by atoms with Gasteiger partial charge in [0.1, 0.15) is 0 Å². The van der Waals surface area contributed by atoms with E-state index in [0.717, 1.165) is 13.0 Å². The Morgan fingerprint density at radius 1 is 1.67 bits per heavy atom. The minimum atomic E-state index is 0.927. The van der Waals surface area contributed by atoms with Gasteiger partial charge in [-0.05, 0) is 6.42 Å². The Bertz CT molecular complexity index is 17.5. The molecule has 0 saturated carbocycles. The topological polar surface area (TPSA) is 26.1 Å². The summed E-state index contributed by atoms with van der Waals surface area (Å²) in [7, 11) is 1.82. The van der Waals surface area contributed by atoms with E-state index in [4.69, 9.17) is 0 Å². The van der Waals surface area contributed by atoms with Crippen molar-refractivity contribution < 1.29 is 0 Å². The molecular formula is C4H11N2. The van der Waals surface area contributed by atoms with E-state index in [0.29, 0.717) is 0 Å². The Kier molecular flexibility index (Phi) is 4.85. The number of nitrogens with one attached hydrogen (secondary N) is 1. The van der Waals surface area contributed by atoms with E-state index < -0.39 is 0 Å². The van der Waals surface area contributed by atoms with Gasteiger partial charge in [-0.2, -0.15) is 5.43 Å². The highest BCUT2D eigenvalue weighted by molar-refractivity contribution is 4.28. The zero-order chi connectivity index (χ0) is 4.83. The van der Waals surface area contributed by atoms with Gasteiger partial charge in [-0.15, -0.1) is 0 Å². The molecule has 0 bridgehead atoms. The first-order valence-electron chi connectivity index (χ1n) is 2.25. The fraction of sp³-hybridized carbons (Fsp3) is 1.00. The van der Waals surface area contributed by atoms with Gasteiger partial charge in [0.15, 0.2) is 0 Å². The van der Waals surface area contributed by atoms with Crippen molar-refractivity contribution in [3.05, 3.63) is 0 Å². The predicted molar refractivity (Wildman–Crippen MR) is 26.4 cm³/mol. The maximum atomic E-state index is 3.84. The Morgan fingerprint density at radius 3 is 2.50 bits per heavy atom. The Labute approximate surface area is 38.9 Å². The van der Waals surface area contributed by atoms with Gasteiger partial charge in [0.05, 0.1) is 0 Å². The van der Waals surface area contributed by atoms with Crippen LogP contribution in [0.2, 0.25) is 0 Å². The highest BCUT2D eigenvalue weighted by Crippen LogP contribution is 1.64. The second-order valence-electron chi connectivity index (χ2n) is 1.11. The Hall–Kier alpha value is -0.0800. The molecule has 2 heteroatoms. The highest BCUT2D eigenvalue weighted by Gasteiger charge is 1.72. The summed E-state index contributed by atoms with van der Waals surface area (Å²) < 4.78 is 0. The largest absolute Gasteiger partial charge is 0.243 e. The van der Waals surface area contributed by atoms with Crippen LogP contribution in [0.15, 0.2) is 0 Å². The molecule has 0 aliphatic carbocycles. The number of hydrogen-bond acceptors (Lipinski definition) is 1. The smallest absolute Gasteiger partial charge is 0.0301 e. The summed E-state index contributed by atoms with van der Waals surface area (Å²) in [6.45, 7) is 3.03. The molecule has 0 rings (SSSR count). The minimum absolute atomic E-state index is 0.927. The quantitative estimate of drug-likeness (QED) is 0.384. The minimum Gasteiger partial charge on any atom is -0.243 e. The monoisotopic (exact) mass is 87.1 g/mol. The third kappa shape index (κ3) is 3.92. The predicted octanol–water partition coefficient (Wildman–Crippen LogP) is 0.135. The van der Waals surface area contributed by atoms with Gasteiger partial charge in [0.2, 0.25) is 0 Å². The zero-order valence-corrected chi connectivity index (χ0v) is 4.36. The van der Waals surface area contributed by atoms with E-state index in [-0.39, 0.29) is 0 Å². The van der Waals surface area contributed by atoms with E-state index in [1.54, 1.807) is 0 Å². The maximum absolute atomic E-state index is 3.84. The number of hydrogen-bond donors (Lipinski definition) is 1. The van der Waals surface area contributed by atoms with Gasteiger partial charge in [-0.25, -0.2) is 5.43 Å². The Balaban J connectivity index is 2.34. The van der Waals surface area contributed by atoms with Crippen LogP contribution < -0.4 is 10.9 Å². The van der Waals surface area contributed by atoms with Gasteiger partial charge >= 0.3 is 0 Å². The molecule has 0 aliphatic rings. The molecule has 0 aromatic heterocycles. The van der Waals surface area contributed by atoms with E-state index in [2.05, 4.69) is 17.8 Å². The number of rotatable bonds is 3. The molecule has 1 N–H and O–H groups in total. The molecule has 1 radical (unpaired) electrons. The summed E-state index contributed by atoms with van der Waals surface area (Å²) in [4.78, 5) is 0. The fourth-order valence-electron chi connectivity index (χ4n) is 0.224. The van der Waals surface area contributed by atoms with E-state index in [1.165, 1.54) is 0 Å². The first-order chi connectivity index (χ1) is 2.91. The molecule has 0 amide bonds. The van der Waals surface area contributed by atoms with Crippen molar-refractivity contribution >= 4 is 0 Å². The average Bonchev–Trinajstić information content (AvgIpc) is 1.61. The van der Waals surface area contributed by atoms with E-state index in [9.17, 15) is 0 Å². The van der Waals surface area contributed by atoms with Crippen molar-refractivity contribution in [2.24, 2.45) is 0 Å². The summed E-state index contributed by atoms with van der Waals surface area (Å²) in [5.41, 5.74) is 6.53. The molecule has 0 heterocycles. The van der Waals surface area contributed by atoms with Crippen LogP contribution in [0, 0.1) is 0 Å². The van der Waals surface area contributed by atoms with Crippen LogP contribution in [-0.2, 0) is 0 Å². The lowest BCUT2D eigenvalue weighted by Gasteiger charge is -1.90. The van der Waals surface area contributed by atoms with Crippen molar-refractivity contribution in [2.45, 2.75) is 13.3 Å². The molecule has 0 unspecified atom stereocenters. The normalized spacial score (nSPS) is 9.00. The van der Waals surface area contributed by atoms with Crippen LogP contribution in [0.5, 0.6) is 0 Å². The molecule has 0 atom stereocenters. The fourth-order valence-corrected chi connectivity index (χ4v) is 0.224. The zero-order valence-electron chi connectivity index (χ0n) is 4.36. The SMILES string of the molecule is CCC[N]NC.